The molecule has 17 heavy (non-hydrogen) atoms. The first-order valence-electron chi connectivity index (χ1n) is 4.95. The summed E-state index contributed by atoms with van der Waals surface area (Å²) in [6.45, 7) is 0.868. The van der Waals surface area contributed by atoms with Crippen LogP contribution in [0.15, 0.2) is 24.3 Å². The van der Waals surface area contributed by atoms with Gasteiger partial charge in [0.15, 0.2) is 0 Å². The van der Waals surface area contributed by atoms with E-state index in [1.807, 2.05) is 0 Å². The highest BCUT2D eigenvalue weighted by atomic mass is 35.5. The van der Waals surface area contributed by atoms with E-state index in [0.29, 0.717) is 24.6 Å². The first kappa shape index (κ1) is 15.7. The third-order valence-electron chi connectivity index (χ3n) is 1.90. The molecule has 0 spiro atoms. The zero-order valence-electron chi connectivity index (χ0n) is 9.64. The van der Waals surface area contributed by atoms with E-state index in [2.05, 4.69) is 5.32 Å². The van der Waals surface area contributed by atoms with Crippen LogP contribution in [0.2, 0.25) is 0 Å². The summed E-state index contributed by atoms with van der Waals surface area (Å²) in [6.07, 6.45) is 0. The lowest BCUT2D eigenvalue weighted by Gasteiger charge is -2.07. The van der Waals surface area contributed by atoms with E-state index in [1.54, 1.807) is 31.4 Å². The third-order valence-corrected chi connectivity index (χ3v) is 1.90. The number of rotatable bonds is 6. The van der Waals surface area contributed by atoms with Gasteiger partial charge in [-0.25, -0.2) is 0 Å². The second-order valence-electron chi connectivity index (χ2n) is 3.18. The van der Waals surface area contributed by atoms with Crippen molar-refractivity contribution in [3.8, 4) is 0 Å². The van der Waals surface area contributed by atoms with Crippen LogP contribution in [0.5, 0.6) is 0 Å². The van der Waals surface area contributed by atoms with Crippen LogP contribution >= 0.6 is 12.4 Å². The molecule has 0 radical (unpaired) electrons. The lowest BCUT2D eigenvalue weighted by molar-refractivity contribution is -0.121. The number of anilines is 2. The van der Waals surface area contributed by atoms with Gasteiger partial charge < -0.3 is 20.5 Å². The molecule has 0 aromatic heterocycles. The molecule has 1 rings (SSSR count). The molecule has 0 aliphatic carbocycles. The molecule has 0 unspecified atom stereocenters. The Morgan fingerprint density at radius 1 is 1.35 bits per heavy atom. The van der Waals surface area contributed by atoms with Crippen molar-refractivity contribution >= 4 is 29.7 Å². The lowest BCUT2D eigenvalue weighted by atomic mass is 10.3. The van der Waals surface area contributed by atoms with Gasteiger partial charge in [0.2, 0.25) is 5.91 Å². The Hall–Kier alpha value is -1.30. The van der Waals surface area contributed by atoms with Gasteiger partial charge in [-0.1, -0.05) is 12.1 Å². The van der Waals surface area contributed by atoms with Crippen LogP contribution in [0.25, 0.3) is 0 Å². The zero-order chi connectivity index (χ0) is 11.8. The van der Waals surface area contributed by atoms with E-state index in [9.17, 15) is 4.79 Å². The number of nitrogen functional groups attached to an aromatic ring is 1. The van der Waals surface area contributed by atoms with Gasteiger partial charge in [0.05, 0.1) is 24.6 Å². The molecule has 0 aliphatic rings. The summed E-state index contributed by atoms with van der Waals surface area (Å²) in [5.41, 5.74) is 6.80. The number of hydrogen-bond acceptors (Lipinski definition) is 4. The fraction of sp³-hybridized carbons (Fsp3) is 0.364. The minimum atomic E-state index is -0.228. The number of amides is 1. The van der Waals surface area contributed by atoms with Crippen LogP contribution in [0.3, 0.4) is 0 Å². The topological polar surface area (TPSA) is 73.6 Å². The Bertz CT molecular complexity index is 347. The van der Waals surface area contributed by atoms with Crippen molar-refractivity contribution in [2.24, 2.45) is 0 Å². The number of methoxy groups -OCH3 is 1. The van der Waals surface area contributed by atoms with E-state index < -0.39 is 0 Å². The summed E-state index contributed by atoms with van der Waals surface area (Å²) in [4.78, 5) is 11.4. The molecule has 3 N–H and O–H groups in total. The molecule has 0 aliphatic heterocycles. The van der Waals surface area contributed by atoms with Crippen molar-refractivity contribution in [3.05, 3.63) is 24.3 Å². The molecular formula is C11H17ClN2O3. The molecule has 0 saturated carbocycles. The summed E-state index contributed by atoms with van der Waals surface area (Å²) < 4.78 is 9.85. The summed E-state index contributed by atoms with van der Waals surface area (Å²) in [7, 11) is 1.58. The predicted octanol–water partition coefficient (Wildman–Crippen LogP) is 1.29. The van der Waals surface area contributed by atoms with Crippen molar-refractivity contribution in [1.29, 1.82) is 0 Å². The molecule has 5 nitrogen and oxygen atoms in total. The fourth-order valence-corrected chi connectivity index (χ4v) is 1.10. The van der Waals surface area contributed by atoms with E-state index >= 15 is 0 Å². The van der Waals surface area contributed by atoms with Crippen LogP contribution < -0.4 is 11.1 Å². The highest BCUT2D eigenvalue weighted by Gasteiger charge is 2.04. The van der Waals surface area contributed by atoms with Crippen LogP contribution in [0.1, 0.15) is 0 Å². The van der Waals surface area contributed by atoms with Gasteiger partial charge in [0, 0.05) is 7.11 Å². The van der Waals surface area contributed by atoms with Gasteiger partial charge in [-0.15, -0.1) is 12.4 Å². The summed E-state index contributed by atoms with van der Waals surface area (Å²) in [5.74, 6) is -0.228. The Kier molecular flexibility index (Phi) is 8.13. The first-order chi connectivity index (χ1) is 7.74. The van der Waals surface area contributed by atoms with E-state index in [4.69, 9.17) is 15.2 Å². The number of carbonyl (C=O) groups is 1. The Morgan fingerprint density at radius 3 is 2.71 bits per heavy atom. The molecule has 96 valence electrons. The molecule has 0 heterocycles. The first-order valence-corrected chi connectivity index (χ1v) is 4.95. The number of hydrogen-bond donors (Lipinski definition) is 2. The Balaban J connectivity index is 0.00000256. The van der Waals surface area contributed by atoms with Gasteiger partial charge in [0.1, 0.15) is 6.61 Å². The average Bonchev–Trinajstić information content (AvgIpc) is 2.28. The van der Waals surface area contributed by atoms with Crippen molar-refractivity contribution < 1.29 is 14.3 Å². The van der Waals surface area contributed by atoms with Crippen LogP contribution in [0.4, 0.5) is 11.4 Å². The van der Waals surface area contributed by atoms with Crippen LogP contribution in [-0.2, 0) is 14.3 Å². The molecule has 6 heteroatoms. The molecule has 0 atom stereocenters. The molecular weight excluding hydrogens is 244 g/mol. The largest absolute Gasteiger partial charge is 0.397 e. The van der Waals surface area contributed by atoms with Gasteiger partial charge in [-0.3, -0.25) is 4.79 Å². The second-order valence-corrected chi connectivity index (χ2v) is 3.18. The van der Waals surface area contributed by atoms with E-state index in [0.717, 1.165) is 0 Å². The number of para-hydroxylation sites is 2. The summed E-state index contributed by atoms with van der Waals surface area (Å²) in [5, 5.41) is 2.66. The van der Waals surface area contributed by atoms with Crippen molar-refractivity contribution in [2.45, 2.75) is 0 Å². The van der Waals surface area contributed by atoms with E-state index in [1.165, 1.54) is 0 Å². The number of halogens is 1. The minimum absolute atomic E-state index is 0. The van der Waals surface area contributed by atoms with Crippen molar-refractivity contribution in [2.75, 3.05) is 38.0 Å². The summed E-state index contributed by atoms with van der Waals surface area (Å²) >= 11 is 0. The molecule has 1 aromatic rings. The second kappa shape index (κ2) is 8.81. The van der Waals surface area contributed by atoms with Crippen LogP contribution in [-0.4, -0.2) is 32.8 Å². The Morgan fingerprint density at radius 2 is 2.06 bits per heavy atom. The monoisotopic (exact) mass is 260 g/mol. The lowest BCUT2D eigenvalue weighted by Crippen LogP contribution is -2.20. The van der Waals surface area contributed by atoms with Gasteiger partial charge in [-0.05, 0) is 12.1 Å². The molecule has 1 aromatic carbocycles. The zero-order valence-corrected chi connectivity index (χ0v) is 10.5. The summed E-state index contributed by atoms with van der Waals surface area (Å²) in [6, 6.07) is 7.07. The maximum Gasteiger partial charge on any atom is 0.250 e. The number of benzene rings is 1. The number of nitrogens with two attached hydrogens (primary N) is 1. The Labute approximate surface area is 107 Å². The number of nitrogens with one attached hydrogen (secondary N) is 1. The molecule has 0 saturated heterocycles. The molecule has 0 fully saturated rings. The van der Waals surface area contributed by atoms with E-state index in [-0.39, 0.29) is 24.9 Å². The average molecular weight is 261 g/mol. The molecule has 1 amide bonds. The van der Waals surface area contributed by atoms with Gasteiger partial charge >= 0.3 is 0 Å². The highest BCUT2D eigenvalue weighted by molar-refractivity contribution is 5.94. The maximum atomic E-state index is 11.4. The van der Waals surface area contributed by atoms with Gasteiger partial charge in [-0.2, -0.15) is 0 Å². The molecule has 0 bridgehead atoms. The number of carbonyl (C=O) groups excluding carboxylic acids is 1. The standard InChI is InChI=1S/C11H16N2O3.ClH/c1-15-6-7-16-8-11(14)13-10-5-3-2-4-9(10)12;/h2-5H,6-8,12H2,1H3,(H,13,14);1H. The normalized spacial score (nSPS) is 9.47. The van der Waals surface area contributed by atoms with Crippen LogP contribution in [0, 0.1) is 0 Å². The number of ether oxygens (including phenoxy) is 2. The minimum Gasteiger partial charge on any atom is -0.397 e. The van der Waals surface area contributed by atoms with Crippen molar-refractivity contribution in [3.63, 3.8) is 0 Å². The quantitative estimate of drug-likeness (QED) is 0.597. The predicted molar refractivity (Wildman–Crippen MR) is 69.4 cm³/mol. The SMILES string of the molecule is COCCOCC(=O)Nc1ccccc1N.Cl. The third kappa shape index (κ3) is 6.11. The van der Waals surface area contributed by atoms with Gasteiger partial charge in [0.25, 0.3) is 0 Å². The highest BCUT2D eigenvalue weighted by Crippen LogP contribution is 2.16. The smallest absolute Gasteiger partial charge is 0.250 e. The maximum absolute atomic E-state index is 11.4. The fourth-order valence-electron chi connectivity index (χ4n) is 1.10. The van der Waals surface area contributed by atoms with Crippen molar-refractivity contribution in [1.82, 2.24) is 0 Å².